The van der Waals surface area contributed by atoms with Gasteiger partial charge in [0.2, 0.25) is 0 Å². The highest BCUT2D eigenvalue weighted by molar-refractivity contribution is 7.99. The molecular weight excluding hydrogens is 282 g/mol. The van der Waals surface area contributed by atoms with Gasteiger partial charge in [0.1, 0.15) is 0 Å². The Bertz CT molecular complexity index is 705. The molecule has 1 heterocycles. The third-order valence-electron chi connectivity index (χ3n) is 2.60. The van der Waals surface area contributed by atoms with Crippen LogP contribution >= 0.6 is 23.4 Å². The summed E-state index contributed by atoms with van der Waals surface area (Å²) in [6, 6.07) is 7.10. The maximum absolute atomic E-state index is 12.4. The number of nitrogens with zero attached hydrogens (tertiary/aromatic N) is 3. The number of hydrogen-bond acceptors (Lipinski definition) is 4. The molecule has 0 saturated heterocycles. The van der Waals surface area contributed by atoms with Gasteiger partial charge in [0.15, 0.2) is 5.16 Å². The molecule has 98 valence electrons. The molecule has 2 rings (SSSR count). The van der Waals surface area contributed by atoms with Gasteiger partial charge >= 0.3 is 0 Å². The van der Waals surface area contributed by atoms with Crippen LogP contribution < -0.4 is 5.56 Å². The van der Waals surface area contributed by atoms with Crippen molar-refractivity contribution in [2.75, 3.05) is 5.75 Å². The number of thioether (sulfide) groups is 1. The van der Waals surface area contributed by atoms with Crippen molar-refractivity contribution in [2.24, 2.45) is 0 Å². The molecule has 0 aliphatic carbocycles. The number of aromatic nitrogens is 2. The van der Waals surface area contributed by atoms with Gasteiger partial charge in [-0.15, -0.1) is 0 Å². The maximum Gasteiger partial charge on any atom is 0.262 e. The molecule has 0 aliphatic rings. The lowest BCUT2D eigenvalue weighted by Crippen LogP contribution is -2.23. The minimum Gasteiger partial charge on any atom is -0.287 e. The summed E-state index contributed by atoms with van der Waals surface area (Å²) < 4.78 is 1.62. The normalized spacial score (nSPS) is 10.6. The molecular formula is C13H12ClN3OS. The Morgan fingerprint density at radius 2 is 2.32 bits per heavy atom. The first-order chi connectivity index (χ1) is 9.17. The third kappa shape index (κ3) is 2.91. The Balaban J connectivity index is 2.67. The van der Waals surface area contributed by atoms with Crippen LogP contribution in [0.25, 0.3) is 10.9 Å². The summed E-state index contributed by atoms with van der Waals surface area (Å²) in [5, 5.41) is 10.3. The molecule has 4 nitrogen and oxygen atoms in total. The highest BCUT2D eigenvalue weighted by Gasteiger charge is 2.11. The molecule has 1 aromatic heterocycles. The summed E-state index contributed by atoms with van der Waals surface area (Å²) in [5.74, 6) is 0.266. The van der Waals surface area contributed by atoms with Crippen LogP contribution in [0.15, 0.2) is 28.2 Å². The van der Waals surface area contributed by atoms with Crippen molar-refractivity contribution < 1.29 is 0 Å². The van der Waals surface area contributed by atoms with E-state index in [9.17, 15) is 4.79 Å². The predicted octanol–water partition coefficient (Wildman–Crippen LogP) is 3.08. The van der Waals surface area contributed by atoms with Crippen molar-refractivity contribution in [3.05, 3.63) is 33.6 Å². The number of nitriles is 1. The lowest BCUT2D eigenvalue weighted by atomic mass is 10.2. The van der Waals surface area contributed by atoms with Gasteiger partial charge in [0.25, 0.3) is 5.56 Å². The van der Waals surface area contributed by atoms with Gasteiger partial charge in [0, 0.05) is 11.6 Å². The van der Waals surface area contributed by atoms with Crippen LogP contribution in [0.1, 0.15) is 13.3 Å². The molecule has 0 amide bonds. The smallest absolute Gasteiger partial charge is 0.262 e. The first-order valence-electron chi connectivity index (χ1n) is 5.87. The van der Waals surface area contributed by atoms with Crippen molar-refractivity contribution in [1.29, 1.82) is 5.26 Å². The van der Waals surface area contributed by atoms with Crippen LogP contribution in [0.2, 0.25) is 5.02 Å². The van der Waals surface area contributed by atoms with E-state index >= 15 is 0 Å². The summed E-state index contributed by atoms with van der Waals surface area (Å²) >= 11 is 7.19. The second-order valence-corrected chi connectivity index (χ2v) is 5.34. The van der Waals surface area contributed by atoms with Crippen LogP contribution in [0.5, 0.6) is 0 Å². The monoisotopic (exact) mass is 293 g/mol. The fourth-order valence-corrected chi connectivity index (χ4v) is 2.65. The minimum absolute atomic E-state index is 0.0797. The Morgan fingerprint density at radius 1 is 1.53 bits per heavy atom. The second-order valence-electron chi connectivity index (χ2n) is 3.96. The lowest BCUT2D eigenvalue weighted by molar-refractivity contribution is 0.585. The molecule has 0 fully saturated rings. The molecule has 0 N–H and O–H groups in total. The average Bonchev–Trinajstić information content (AvgIpc) is 2.40. The van der Waals surface area contributed by atoms with Crippen molar-refractivity contribution in [3.8, 4) is 6.07 Å². The quantitative estimate of drug-likeness (QED) is 0.642. The summed E-state index contributed by atoms with van der Waals surface area (Å²) in [6.07, 6.45) is 0.834. The average molecular weight is 294 g/mol. The van der Waals surface area contributed by atoms with E-state index in [-0.39, 0.29) is 11.3 Å². The van der Waals surface area contributed by atoms with Crippen molar-refractivity contribution in [1.82, 2.24) is 9.55 Å². The van der Waals surface area contributed by atoms with E-state index in [0.717, 1.165) is 6.42 Å². The molecule has 6 heteroatoms. The first-order valence-corrected chi connectivity index (χ1v) is 7.23. The zero-order valence-electron chi connectivity index (χ0n) is 10.4. The zero-order chi connectivity index (χ0) is 13.8. The standard InChI is InChI=1S/C13H12ClN3OS/c1-2-6-17-12(18)10-4-3-9(14)8-11(10)16-13(17)19-7-5-15/h3-4,8H,2,6-7H2,1H3. The second kappa shape index (κ2) is 6.09. The topological polar surface area (TPSA) is 58.7 Å². The molecule has 0 atom stereocenters. The molecule has 0 saturated carbocycles. The van der Waals surface area contributed by atoms with Crippen LogP contribution in [0.3, 0.4) is 0 Å². The van der Waals surface area contributed by atoms with Gasteiger partial charge in [-0.25, -0.2) is 4.98 Å². The van der Waals surface area contributed by atoms with E-state index in [1.165, 1.54) is 11.8 Å². The van der Waals surface area contributed by atoms with Crippen LogP contribution in [0, 0.1) is 11.3 Å². The molecule has 1 aromatic carbocycles. The van der Waals surface area contributed by atoms with Gasteiger partial charge in [-0.3, -0.25) is 9.36 Å². The van der Waals surface area contributed by atoms with Crippen LogP contribution in [-0.2, 0) is 6.54 Å². The van der Waals surface area contributed by atoms with Crippen molar-refractivity contribution in [2.45, 2.75) is 25.0 Å². The number of hydrogen-bond donors (Lipinski definition) is 0. The fraction of sp³-hybridized carbons (Fsp3) is 0.308. The van der Waals surface area contributed by atoms with Crippen molar-refractivity contribution >= 4 is 34.3 Å². The maximum atomic E-state index is 12.4. The van der Waals surface area contributed by atoms with E-state index in [1.807, 2.05) is 13.0 Å². The Hall–Kier alpha value is -1.51. The van der Waals surface area contributed by atoms with Crippen molar-refractivity contribution in [3.63, 3.8) is 0 Å². The van der Waals surface area contributed by atoms with Gasteiger partial charge in [-0.2, -0.15) is 5.26 Å². The van der Waals surface area contributed by atoms with Gasteiger partial charge in [-0.05, 0) is 24.6 Å². The number of benzene rings is 1. The van der Waals surface area contributed by atoms with E-state index in [0.29, 0.717) is 27.6 Å². The van der Waals surface area contributed by atoms with Gasteiger partial charge < -0.3 is 0 Å². The van der Waals surface area contributed by atoms with E-state index in [1.54, 1.807) is 22.8 Å². The number of fused-ring (bicyclic) bond motifs is 1. The molecule has 0 unspecified atom stereocenters. The molecule has 0 spiro atoms. The van der Waals surface area contributed by atoms with Gasteiger partial charge in [-0.1, -0.05) is 30.3 Å². The third-order valence-corrected chi connectivity index (χ3v) is 3.67. The highest BCUT2D eigenvalue weighted by Crippen LogP contribution is 2.20. The molecule has 19 heavy (non-hydrogen) atoms. The molecule has 0 aliphatic heterocycles. The predicted molar refractivity (Wildman–Crippen MR) is 77.6 cm³/mol. The molecule has 2 aromatic rings. The fourth-order valence-electron chi connectivity index (χ4n) is 1.80. The highest BCUT2D eigenvalue weighted by atomic mass is 35.5. The minimum atomic E-state index is -0.0797. The largest absolute Gasteiger partial charge is 0.287 e. The SMILES string of the molecule is CCCn1c(SCC#N)nc2cc(Cl)ccc2c1=O. The van der Waals surface area contributed by atoms with Crippen LogP contribution in [0.4, 0.5) is 0 Å². The first kappa shape index (κ1) is 13.9. The van der Waals surface area contributed by atoms with E-state index in [2.05, 4.69) is 4.98 Å². The lowest BCUT2D eigenvalue weighted by Gasteiger charge is -2.11. The summed E-state index contributed by atoms with van der Waals surface area (Å²) in [5.41, 5.74) is 0.495. The van der Waals surface area contributed by atoms with E-state index < -0.39 is 0 Å². The molecule has 0 bridgehead atoms. The Labute approximate surface area is 120 Å². The Morgan fingerprint density at radius 3 is 3.00 bits per heavy atom. The summed E-state index contributed by atoms with van der Waals surface area (Å²) in [6.45, 7) is 2.59. The van der Waals surface area contributed by atoms with E-state index in [4.69, 9.17) is 16.9 Å². The zero-order valence-corrected chi connectivity index (χ0v) is 12.0. The molecule has 0 radical (unpaired) electrons. The number of halogens is 1. The number of rotatable bonds is 4. The summed E-state index contributed by atoms with van der Waals surface area (Å²) in [4.78, 5) is 16.8. The van der Waals surface area contributed by atoms with Gasteiger partial charge in [0.05, 0.1) is 22.7 Å². The van der Waals surface area contributed by atoms with Crippen LogP contribution in [-0.4, -0.2) is 15.3 Å². The summed E-state index contributed by atoms with van der Waals surface area (Å²) in [7, 11) is 0. The Kier molecular flexibility index (Phi) is 4.46.